The Hall–Kier alpha value is -3.07. The van der Waals surface area contributed by atoms with Gasteiger partial charge in [0.05, 0.1) is 0 Å². The summed E-state index contributed by atoms with van der Waals surface area (Å²) in [5.41, 5.74) is 11.1. The Bertz CT molecular complexity index is 901. The van der Waals surface area contributed by atoms with Crippen LogP contribution in [0.25, 0.3) is 16.7 Å². The fraction of sp³-hybridized carbons (Fsp3) is 0.136. The Kier molecular flexibility index (Phi) is 3.77. The largest absolute Gasteiger partial charge is 0.388 e. The molecule has 25 heavy (non-hydrogen) atoms. The molecule has 0 saturated heterocycles. The van der Waals surface area contributed by atoms with Crippen molar-refractivity contribution in [3.8, 4) is 11.1 Å². The van der Waals surface area contributed by atoms with Crippen molar-refractivity contribution >= 4 is 22.7 Å². The zero-order valence-corrected chi connectivity index (χ0v) is 14.8. The van der Waals surface area contributed by atoms with Crippen molar-refractivity contribution in [2.75, 3.05) is 31.8 Å². The Balaban J connectivity index is 1.98. The minimum absolute atomic E-state index is 1.12. The normalized spacial score (nSPS) is 14.4. The molecule has 124 valence electrons. The summed E-state index contributed by atoms with van der Waals surface area (Å²) in [6.07, 6.45) is 8.64. The van der Waals surface area contributed by atoms with E-state index in [2.05, 4.69) is 76.3 Å². The van der Waals surface area contributed by atoms with Crippen molar-refractivity contribution in [1.82, 2.24) is 0 Å². The molecule has 0 amide bonds. The summed E-state index contributed by atoms with van der Waals surface area (Å²) in [5.74, 6) is 0. The molecule has 2 aromatic rings. The summed E-state index contributed by atoms with van der Waals surface area (Å²) in [7, 11) is 5.87. The van der Waals surface area contributed by atoms with Gasteiger partial charge in [0.15, 0.2) is 5.71 Å². The predicted molar refractivity (Wildman–Crippen MR) is 107 cm³/mol. The average molecular weight is 328 g/mol. The fourth-order valence-electron chi connectivity index (χ4n) is 3.54. The van der Waals surface area contributed by atoms with Crippen molar-refractivity contribution in [2.24, 2.45) is 0 Å². The van der Waals surface area contributed by atoms with Gasteiger partial charge < -0.3 is 10.6 Å². The second-order valence-corrected chi connectivity index (χ2v) is 6.22. The van der Waals surface area contributed by atoms with Crippen LogP contribution in [0, 0.1) is 0 Å². The number of allylic oxidation sites excluding steroid dienone is 5. The average Bonchev–Trinajstić information content (AvgIpc) is 3.00. The molecular formula is C22H22N3+. The molecule has 0 aliphatic heterocycles. The number of benzene rings is 2. The van der Waals surface area contributed by atoms with E-state index < -0.39 is 0 Å². The van der Waals surface area contributed by atoms with E-state index in [1.54, 1.807) is 0 Å². The first-order chi connectivity index (χ1) is 12.2. The van der Waals surface area contributed by atoms with E-state index in [0.29, 0.717) is 0 Å². The molecule has 0 heterocycles. The lowest BCUT2D eigenvalue weighted by atomic mass is 9.94. The summed E-state index contributed by atoms with van der Waals surface area (Å²) in [6.45, 7) is 0. The van der Waals surface area contributed by atoms with Crippen LogP contribution in [0.1, 0.15) is 11.1 Å². The molecule has 2 aromatic carbocycles. The Morgan fingerprint density at radius 2 is 1.20 bits per heavy atom. The van der Waals surface area contributed by atoms with Gasteiger partial charge in [-0.15, -0.1) is 0 Å². The zero-order valence-electron chi connectivity index (χ0n) is 14.8. The molecule has 3 nitrogen and oxygen atoms in total. The van der Waals surface area contributed by atoms with Gasteiger partial charge in [0, 0.05) is 37.6 Å². The lowest BCUT2D eigenvalue weighted by Gasteiger charge is -2.09. The van der Waals surface area contributed by atoms with Gasteiger partial charge in [-0.1, -0.05) is 12.1 Å². The molecule has 3 N–H and O–H groups in total. The van der Waals surface area contributed by atoms with E-state index >= 15 is 0 Å². The highest BCUT2D eigenvalue weighted by atomic mass is 14.8. The molecule has 2 aliphatic carbocycles. The second-order valence-electron chi connectivity index (χ2n) is 6.22. The van der Waals surface area contributed by atoms with Crippen molar-refractivity contribution in [3.05, 3.63) is 77.4 Å². The van der Waals surface area contributed by atoms with Gasteiger partial charge in [-0.2, -0.15) is 0 Å². The first kappa shape index (κ1) is 15.5. The van der Waals surface area contributed by atoms with Crippen molar-refractivity contribution in [3.63, 3.8) is 0 Å². The van der Waals surface area contributed by atoms with Gasteiger partial charge in [0.2, 0.25) is 0 Å². The quantitative estimate of drug-likeness (QED) is 0.677. The van der Waals surface area contributed by atoms with Crippen LogP contribution in [0.4, 0.5) is 11.4 Å². The summed E-state index contributed by atoms with van der Waals surface area (Å²) in [5, 5.41) is 6.51. The number of anilines is 2. The van der Waals surface area contributed by atoms with Gasteiger partial charge >= 0.3 is 0 Å². The summed E-state index contributed by atoms with van der Waals surface area (Å²) < 4.78 is 0. The first-order valence-corrected chi connectivity index (χ1v) is 8.55. The van der Waals surface area contributed by atoms with Crippen LogP contribution in [0.3, 0.4) is 0 Å². The topological polar surface area (TPSA) is 38.0 Å². The number of rotatable bonds is 2. The van der Waals surface area contributed by atoms with E-state index in [-0.39, 0.29) is 0 Å². The molecule has 0 saturated carbocycles. The van der Waals surface area contributed by atoms with E-state index in [9.17, 15) is 0 Å². The van der Waals surface area contributed by atoms with Crippen LogP contribution in [-0.2, 0) is 0 Å². The van der Waals surface area contributed by atoms with E-state index in [1.165, 1.54) is 33.4 Å². The second kappa shape index (κ2) is 6.10. The number of hydrogen-bond acceptors (Lipinski definition) is 2. The molecule has 4 rings (SSSR count). The molecule has 2 aliphatic rings. The summed E-state index contributed by atoms with van der Waals surface area (Å²) in [4.78, 5) is 3.19. The van der Waals surface area contributed by atoms with Crippen LogP contribution < -0.4 is 15.6 Å². The molecular weight excluding hydrogens is 306 g/mol. The highest BCUT2D eigenvalue weighted by Crippen LogP contribution is 2.48. The van der Waals surface area contributed by atoms with Gasteiger partial charge in [0.1, 0.15) is 7.05 Å². The van der Waals surface area contributed by atoms with E-state index in [0.717, 1.165) is 17.1 Å². The van der Waals surface area contributed by atoms with Crippen molar-refractivity contribution < 1.29 is 4.99 Å². The van der Waals surface area contributed by atoms with Crippen molar-refractivity contribution in [1.29, 1.82) is 0 Å². The standard InChI is InChI=1S/C22H21N3/c1-23-15-6-4-14(5-7-15)22-18-10-8-16(24-2)12-20(18)21-13-17(25-3)9-11-19(21)22/h4-13,24-25H,1-3H3/p+1. The number of fused-ring (bicyclic) bond motifs is 3. The maximum absolute atomic E-state index is 3.25. The lowest BCUT2D eigenvalue weighted by Crippen LogP contribution is -2.67. The van der Waals surface area contributed by atoms with Crippen LogP contribution in [0.15, 0.2) is 66.3 Å². The van der Waals surface area contributed by atoms with E-state index in [4.69, 9.17) is 0 Å². The van der Waals surface area contributed by atoms with Crippen LogP contribution in [-0.4, -0.2) is 26.9 Å². The van der Waals surface area contributed by atoms with Crippen LogP contribution in [0.5, 0.6) is 0 Å². The fourth-order valence-corrected chi connectivity index (χ4v) is 3.54. The van der Waals surface area contributed by atoms with Gasteiger partial charge in [0.25, 0.3) is 0 Å². The van der Waals surface area contributed by atoms with Gasteiger partial charge in [-0.3, -0.25) is 0 Å². The molecule has 0 fully saturated rings. The molecule has 0 aromatic heterocycles. The third kappa shape index (κ3) is 2.49. The Morgan fingerprint density at radius 3 is 1.64 bits per heavy atom. The van der Waals surface area contributed by atoms with Gasteiger partial charge in [-0.05, 0) is 69.8 Å². The molecule has 0 bridgehead atoms. The molecule has 0 atom stereocenters. The Morgan fingerprint density at radius 1 is 0.680 bits per heavy atom. The summed E-state index contributed by atoms with van der Waals surface area (Å²) in [6, 6.07) is 13.2. The molecule has 0 spiro atoms. The lowest BCUT2D eigenvalue weighted by molar-refractivity contribution is -0.417. The van der Waals surface area contributed by atoms with E-state index in [1.807, 2.05) is 21.1 Å². The first-order valence-electron chi connectivity index (χ1n) is 8.55. The van der Waals surface area contributed by atoms with Crippen LogP contribution >= 0.6 is 0 Å². The third-order valence-corrected chi connectivity index (χ3v) is 4.91. The smallest absolute Gasteiger partial charge is 0.198 e. The molecule has 0 unspecified atom stereocenters. The SMILES string of the molecule is CNc1ccc2c(c1)-c1cc(NC)ccc1C2=C1C=CC(=[NH+]C)C=C1. The van der Waals surface area contributed by atoms with Gasteiger partial charge in [-0.25, -0.2) is 4.99 Å². The predicted octanol–water partition coefficient (Wildman–Crippen LogP) is 2.83. The Labute approximate surface area is 148 Å². The highest BCUT2D eigenvalue weighted by Gasteiger charge is 2.26. The highest BCUT2D eigenvalue weighted by molar-refractivity contribution is 6.08. The molecule has 0 radical (unpaired) electrons. The monoisotopic (exact) mass is 328 g/mol. The number of hydrogen-bond donors (Lipinski definition) is 3. The maximum Gasteiger partial charge on any atom is 0.198 e. The maximum atomic E-state index is 3.25. The minimum atomic E-state index is 1.12. The minimum Gasteiger partial charge on any atom is -0.388 e. The van der Waals surface area contributed by atoms with Crippen LogP contribution in [0.2, 0.25) is 0 Å². The third-order valence-electron chi connectivity index (χ3n) is 4.91. The van der Waals surface area contributed by atoms with Crippen molar-refractivity contribution in [2.45, 2.75) is 0 Å². The number of nitrogens with one attached hydrogen (secondary N) is 3. The molecule has 3 heteroatoms. The summed E-state index contributed by atoms with van der Waals surface area (Å²) >= 11 is 0. The zero-order chi connectivity index (χ0) is 17.4.